The first-order valence-electron chi connectivity index (χ1n) is 6.70. The summed E-state index contributed by atoms with van der Waals surface area (Å²) in [6.45, 7) is 6.38. The first-order valence-corrected chi connectivity index (χ1v) is 7.75. The maximum Gasteiger partial charge on any atom is 0.237 e. The summed E-state index contributed by atoms with van der Waals surface area (Å²) < 4.78 is 0. The van der Waals surface area contributed by atoms with Gasteiger partial charge in [-0.2, -0.15) is 11.8 Å². The normalized spacial score (nSPS) is 26.2. The molecule has 1 saturated carbocycles. The molecule has 100 valence electrons. The Labute approximate surface area is 109 Å². The number of thioether (sulfide) groups is 1. The van der Waals surface area contributed by atoms with Crippen LogP contribution in [0, 0.1) is 5.92 Å². The van der Waals surface area contributed by atoms with Gasteiger partial charge in [0.05, 0.1) is 6.04 Å². The maximum atomic E-state index is 11.9. The van der Waals surface area contributed by atoms with Crippen molar-refractivity contribution >= 4 is 17.7 Å². The third-order valence-corrected chi connectivity index (χ3v) is 4.43. The van der Waals surface area contributed by atoms with Crippen molar-refractivity contribution in [3.63, 3.8) is 0 Å². The van der Waals surface area contributed by atoms with Crippen molar-refractivity contribution in [3.05, 3.63) is 0 Å². The molecule has 3 nitrogen and oxygen atoms in total. The van der Waals surface area contributed by atoms with E-state index >= 15 is 0 Å². The molecule has 0 radical (unpaired) electrons. The minimum Gasteiger partial charge on any atom is -0.352 e. The van der Waals surface area contributed by atoms with Gasteiger partial charge in [-0.1, -0.05) is 20.8 Å². The quantitative estimate of drug-likeness (QED) is 0.767. The molecule has 1 rings (SSSR count). The summed E-state index contributed by atoms with van der Waals surface area (Å²) in [6.07, 6.45) is 4.21. The number of hydrogen-bond donors (Lipinski definition) is 2. The molecular formula is C13H26N2OS. The molecule has 0 aliphatic heterocycles. The Morgan fingerprint density at radius 1 is 1.47 bits per heavy atom. The van der Waals surface area contributed by atoms with E-state index in [4.69, 9.17) is 5.73 Å². The largest absolute Gasteiger partial charge is 0.352 e. The fourth-order valence-corrected chi connectivity index (χ4v) is 3.52. The van der Waals surface area contributed by atoms with Crippen LogP contribution in [0.1, 0.15) is 46.5 Å². The summed E-state index contributed by atoms with van der Waals surface area (Å²) in [5, 5.41) is 3.82. The Balaban J connectivity index is 2.27. The minimum atomic E-state index is -0.340. The van der Waals surface area contributed by atoms with Crippen LogP contribution in [0.2, 0.25) is 0 Å². The van der Waals surface area contributed by atoms with Crippen molar-refractivity contribution in [2.75, 3.05) is 5.75 Å². The average Bonchev–Trinajstić information content (AvgIpc) is 2.65. The Morgan fingerprint density at radius 2 is 2.18 bits per heavy atom. The van der Waals surface area contributed by atoms with E-state index in [0.29, 0.717) is 12.0 Å². The van der Waals surface area contributed by atoms with E-state index in [-0.39, 0.29) is 11.9 Å². The highest BCUT2D eigenvalue weighted by atomic mass is 32.2. The van der Waals surface area contributed by atoms with Crippen LogP contribution in [-0.2, 0) is 4.79 Å². The molecule has 0 bridgehead atoms. The smallest absolute Gasteiger partial charge is 0.237 e. The van der Waals surface area contributed by atoms with Gasteiger partial charge >= 0.3 is 0 Å². The summed E-state index contributed by atoms with van der Waals surface area (Å²) in [5.74, 6) is 1.67. The summed E-state index contributed by atoms with van der Waals surface area (Å²) in [4.78, 5) is 11.9. The molecular weight excluding hydrogens is 232 g/mol. The molecule has 1 aliphatic rings. The highest BCUT2D eigenvalue weighted by Crippen LogP contribution is 2.29. The second-order valence-electron chi connectivity index (χ2n) is 5.33. The summed E-state index contributed by atoms with van der Waals surface area (Å²) in [6, 6.07) is 0.0117. The van der Waals surface area contributed by atoms with Gasteiger partial charge < -0.3 is 11.1 Å². The molecule has 1 amide bonds. The van der Waals surface area contributed by atoms with Crippen LogP contribution >= 0.6 is 11.8 Å². The van der Waals surface area contributed by atoms with Gasteiger partial charge in [-0.3, -0.25) is 4.79 Å². The monoisotopic (exact) mass is 258 g/mol. The second-order valence-corrected chi connectivity index (χ2v) is 6.91. The van der Waals surface area contributed by atoms with Gasteiger partial charge in [0.1, 0.15) is 0 Å². The van der Waals surface area contributed by atoms with Crippen molar-refractivity contribution < 1.29 is 4.79 Å². The first-order chi connectivity index (χ1) is 8.02. The average molecular weight is 258 g/mol. The topological polar surface area (TPSA) is 55.1 Å². The lowest BCUT2D eigenvalue weighted by atomic mass is 10.0. The Bertz CT molecular complexity index is 246. The summed E-state index contributed by atoms with van der Waals surface area (Å²) in [5.41, 5.74) is 5.87. The van der Waals surface area contributed by atoms with E-state index < -0.39 is 0 Å². The molecule has 4 heteroatoms. The molecule has 17 heavy (non-hydrogen) atoms. The molecule has 0 aromatic heterocycles. The SMILES string of the molecule is CCSC1CCC(NC(=O)[C@H](N)CC(C)C)C1. The van der Waals surface area contributed by atoms with Crippen molar-refractivity contribution in [2.45, 2.75) is 63.8 Å². The number of nitrogens with one attached hydrogen (secondary N) is 1. The molecule has 3 atom stereocenters. The molecule has 0 spiro atoms. The molecule has 0 heterocycles. The molecule has 0 aromatic carbocycles. The van der Waals surface area contributed by atoms with Crippen LogP contribution in [0.5, 0.6) is 0 Å². The Morgan fingerprint density at radius 3 is 2.76 bits per heavy atom. The molecule has 1 aliphatic carbocycles. The zero-order valence-electron chi connectivity index (χ0n) is 11.2. The number of amides is 1. The highest BCUT2D eigenvalue weighted by molar-refractivity contribution is 7.99. The number of nitrogens with two attached hydrogens (primary N) is 1. The first kappa shape index (κ1) is 14.8. The van der Waals surface area contributed by atoms with Crippen molar-refractivity contribution in [2.24, 2.45) is 11.7 Å². The van der Waals surface area contributed by atoms with Gasteiger partial charge in [0.15, 0.2) is 0 Å². The third kappa shape index (κ3) is 5.30. The second kappa shape index (κ2) is 7.27. The number of hydrogen-bond acceptors (Lipinski definition) is 3. The predicted molar refractivity (Wildman–Crippen MR) is 75.1 cm³/mol. The van der Waals surface area contributed by atoms with E-state index in [1.807, 2.05) is 11.8 Å². The lowest BCUT2D eigenvalue weighted by Crippen LogP contribution is -2.45. The lowest BCUT2D eigenvalue weighted by Gasteiger charge is -2.18. The molecule has 3 N–H and O–H groups in total. The third-order valence-electron chi connectivity index (χ3n) is 3.20. The van der Waals surface area contributed by atoms with Crippen LogP contribution < -0.4 is 11.1 Å². The van der Waals surface area contributed by atoms with E-state index in [2.05, 4.69) is 26.1 Å². The van der Waals surface area contributed by atoms with Crippen molar-refractivity contribution in [3.8, 4) is 0 Å². The van der Waals surface area contributed by atoms with E-state index in [9.17, 15) is 4.79 Å². The number of carbonyl (C=O) groups excluding carboxylic acids is 1. The van der Waals surface area contributed by atoms with Crippen LogP contribution in [0.15, 0.2) is 0 Å². The fourth-order valence-electron chi connectivity index (χ4n) is 2.38. The Kier molecular flexibility index (Phi) is 6.34. The van der Waals surface area contributed by atoms with Crippen LogP contribution in [0.3, 0.4) is 0 Å². The van der Waals surface area contributed by atoms with Crippen molar-refractivity contribution in [1.29, 1.82) is 0 Å². The number of carbonyl (C=O) groups is 1. The van der Waals surface area contributed by atoms with Crippen LogP contribution in [-0.4, -0.2) is 29.0 Å². The molecule has 1 fully saturated rings. The fraction of sp³-hybridized carbons (Fsp3) is 0.923. The van der Waals surface area contributed by atoms with E-state index in [1.165, 1.54) is 6.42 Å². The molecule has 0 saturated heterocycles. The van der Waals surface area contributed by atoms with Crippen molar-refractivity contribution in [1.82, 2.24) is 5.32 Å². The lowest BCUT2D eigenvalue weighted by molar-refractivity contribution is -0.123. The molecule has 0 aromatic rings. The number of rotatable bonds is 6. The van der Waals surface area contributed by atoms with Crippen LogP contribution in [0.25, 0.3) is 0 Å². The van der Waals surface area contributed by atoms with Gasteiger partial charge in [0.25, 0.3) is 0 Å². The van der Waals surface area contributed by atoms with Crippen LogP contribution in [0.4, 0.5) is 0 Å². The standard InChI is InChI=1S/C13H26N2OS/c1-4-17-11-6-5-10(8-11)15-13(16)12(14)7-9(2)3/h9-12H,4-8,14H2,1-3H3,(H,15,16)/t10?,11?,12-/m1/s1. The molecule has 2 unspecified atom stereocenters. The van der Waals surface area contributed by atoms with Gasteiger partial charge in [-0.05, 0) is 37.4 Å². The predicted octanol–water partition coefficient (Wildman–Crippen LogP) is 2.15. The van der Waals surface area contributed by atoms with Gasteiger partial charge in [0, 0.05) is 11.3 Å². The Hall–Kier alpha value is -0.220. The summed E-state index contributed by atoms with van der Waals surface area (Å²) >= 11 is 2.01. The van der Waals surface area contributed by atoms with E-state index in [0.717, 1.165) is 30.3 Å². The highest BCUT2D eigenvalue weighted by Gasteiger charge is 2.27. The zero-order chi connectivity index (χ0) is 12.8. The zero-order valence-corrected chi connectivity index (χ0v) is 12.1. The van der Waals surface area contributed by atoms with Gasteiger partial charge in [-0.25, -0.2) is 0 Å². The maximum absolute atomic E-state index is 11.9. The minimum absolute atomic E-state index is 0.0332. The van der Waals surface area contributed by atoms with E-state index in [1.54, 1.807) is 0 Å². The van der Waals surface area contributed by atoms with Gasteiger partial charge in [0.2, 0.25) is 5.91 Å². The van der Waals surface area contributed by atoms with Gasteiger partial charge in [-0.15, -0.1) is 0 Å². The summed E-state index contributed by atoms with van der Waals surface area (Å²) in [7, 11) is 0.